The largest absolute Gasteiger partial charge is 0.337 e. The minimum atomic E-state index is 0.0264. The number of hydrogen-bond acceptors (Lipinski definition) is 3. The van der Waals surface area contributed by atoms with E-state index in [2.05, 4.69) is 80.0 Å². The Labute approximate surface area is 192 Å². The lowest BCUT2D eigenvalue weighted by Gasteiger charge is -2.49. The Kier molecular flexibility index (Phi) is 4.95. The molecule has 1 N–H and O–H groups in total. The molecular formula is C22H22BrIN4O. The van der Waals surface area contributed by atoms with Crippen LogP contribution in [0.2, 0.25) is 0 Å². The summed E-state index contributed by atoms with van der Waals surface area (Å²) < 4.78 is 3.92. The molecule has 5 nitrogen and oxygen atoms in total. The van der Waals surface area contributed by atoms with Crippen molar-refractivity contribution < 1.29 is 4.79 Å². The van der Waals surface area contributed by atoms with Crippen molar-refractivity contribution in [3.63, 3.8) is 0 Å². The Hall–Kier alpha value is -1.45. The first kappa shape index (κ1) is 19.5. The molecule has 1 saturated heterocycles. The summed E-state index contributed by atoms with van der Waals surface area (Å²) in [6.45, 7) is 4.69. The van der Waals surface area contributed by atoms with Gasteiger partial charge in [-0.1, -0.05) is 31.2 Å². The summed E-state index contributed by atoms with van der Waals surface area (Å²) in [4.78, 5) is 19.8. The molecule has 0 unspecified atom stereocenters. The number of piperidine rings is 1. The molecule has 2 atom stereocenters. The van der Waals surface area contributed by atoms with Crippen LogP contribution in [-0.4, -0.2) is 38.8 Å². The first-order chi connectivity index (χ1) is 13.9. The second kappa shape index (κ2) is 7.35. The zero-order chi connectivity index (χ0) is 20.2. The summed E-state index contributed by atoms with van der Waals surface area (Å²) in [7, 11) is 0. The highest BCUT2D eigenvalue weighted by molar-refractivity contribution is 14.1. The van der Waals surface area contributed by atoms with Crippen LogP contribution >= 0.6 is 38.5 Å². The molecule has 1 amide bonds. The van der Waals surface area contributed by atoms with Crippen molar-refractivity contribution in [1.82, 2.24) is 19.6 Å². The number of likely N-dealkylation sites (tertiary alicyclic amines) is 1. The molecule has 2 aliphatic heterocycles. The Morgan fingerprint density at radius 3 is 2.90 bits per heavy atom. The topological polar surface area (TPSA) is 49.6 Å². The maximum atomic E-state index is 13.2. The molecule has 2 aromatic heterocycles. The standard InChI is InChI=1S/C22H22BrIN4O/c1-14-11-27(7-6-22(14)9-15-4-2-3-5-16(15)10-25-22)21(29)19-13-28-12-17(23)8-18(24)20(28)26-19/h2-5,8,12-14,25H,6-7,9-11H2,1H3/t14-,22+/m1/s1. The van der Waals surface area contributed by atoms with Gasteiger partial charge in [0.15, 0.2) is 5.65 Å². The molecule has 2 aliphatic rings. The maximum absolute atomic E-state index is 13.2. The van der Waals surface area contributed by atoms with Gasteiger partial charge >= 0.3 is 0 Å². The zero-order valence-electron chi connectivity index (χ0n) is 16.2. The van der Waals surface area contributed by atoms with Crippen molar-refractivity contribution in [3.05, 3.63) is 67.6 Å². The third kappa shape index (κ3) is 3.41. The van der Waals surface area contributed by atoms with E-state index in [1.165, 1.54) is 11.1 Å². The lowest BCUT2D eigenvalue weighted by Crippen LogP contribution is -2.62. The lowest BCUT2D eigenvalue weighted by molar-refractivity contribution is 0.0466. The van der Waals surface area contributed by atoms with Crippen LogP contribution in [0.1, 0.15) is 35.0 Å². The summed E-state index contributed by atoms with van der Waals surface area (Å²) in [5.41, 5.74) is 4.26. The van der Waals surface area contributed by atoms with Gasteiger partial charge in [-0.15, -0.1) is 0 Å². The van der Waals surface area contributed by atoms with Gasteiger partial charge < -0.3 is 14.6 Å². The third-order valence-corrected chi connectivity index (χ3v) is 7.73. The van der Waals surface area contributed by atoms with Gasteiger partial charge in [-0.05, 0) is 74.5 Å². The van der Waals surface area contributed by atoms with E-state index in [1.807, 2.05) is 27.8 Å². The van der Waals surface area contributed by atoms with Crippen LogP contribution in [0.15, 0.2) is 47.2 Å². The first-order valence-electron chi connectivity index (χ1n) is 9.90. The van der Waals surface area contributed by atoms with Gasteiger partial charge in [-0.2, -0.15) is 0 Å². The summed E-state index contributed by atoms with van der Waals surface area (Å²) >= 11 is 5.77. The second-order valence-corrected chi connectivity index (χ2v) is 10.3. The molecule has 3 aromatic rings. The van der Waals surface area contributed by atoms with Crippen molar-refractivity contribution in [2.24, 2.45) is 5.92 Å². The van der Waals surface area contributed by atoms with Crippen molar-refractivity contribution in [1.29, 1.82) is 0 Å². The number of hydrogen-bond donors (Lipinski definition) is 1. The van der Waals surface area contributed by atoms with Gasteiger partial charge in [-0.25, -0.2) is 4.98 Å². The Morgan fingerprint density at radius 2 is 2.10 bits per heavy atom. The predicted molar refractivity (Wildman–Crippen MR) is 125 cm³/mol. The normalized spacial score (nSPS) is 24.1. The van der Waals surface area contributed by atoms with E-state index in [0.717, 1.165) is 46.2 Å². The number of nitrogens with one attached hydrogen (secondary N) is 1. The highest BCUT2D eigenvalue weighted by Gasteiger charge is 2.43. The molecule has 7 heteroatoms. The number of carbonyl (C=O) groups is 1. The predicted octanol–water partition coefficient (Wildman–Crippen LogP) is 4.27. The van der Waals surface area contributed by atoms with Gasteiger partial charge in [0.25, 0.3) is 5.91 Å². The number of fused-ring (bicyclic) bond motifs is 2. The maximum Gasteiger partial charge on any atom is 0.274 e. The third-order valence-electron chi connectivity index (χ3n) is 6.50. The van der Waals surface area contributed by atoms with Crippen molar-refractivity contribution in [2.75, 3.05) is 13.1 Å². The van der Waals surface area contributed by atoms with E-state index < -0.39 is 0 Å². The zero-order valence-corrected chi connectivity index (χ0v) is 19.9. The molecule has 0 aliphatic carbocycles. The Morgan fingerprint density at radius 1 is 1.31 bits per heavy atom. The molecule has 1 fully saturated rings. The van der Waals surface area contributed by atoms with Crippen LogP contribution in [0.4, 0.5) is 0 Å². The average Bonchev–Trinajstić information content (AvgIpc) is 3.14. The van der Waals surface area contributed by atoms with E-state index >= 15 is 0 Å². The van der Waals surface area contributed by atoms with E-state index in [0.29, 0.717) is 11.6 Å². The minimum absolute atomic E-state index is 0.0264. The fourth-order valence-corrected chi connectivity index (χ4v) is 6.36. The van der Waals surface area contributed by atoms with Crippen LogP contribution in [0.5, 0.6) is 0 Å². The van der Waals surface area contributed by atoms with Gasteiger partial charge in [0.05, 0.1) is 3.57 Å². The fourth-order valence-electron chi connectivity index (χ4n) is 4.75. The van der Waals surface area contributed by atoms with Crippen molar-refractivity contribution >= 4 is 50.1 Å². The molecule has 5 rings (SSSR count). The van der Waals surface area contributed by atoms with Gasteiger partial charge in [0.1, 0.15) is 5.69 Å². The first-order valence-corrected chi connectivity index (χ1v) is 11.8. The molecule has 1 aromatic carbocycles. The monoisotopic (exact) mass is 564 g/mol. The van der Waals surface area contributed by atoms with Gasteiger partial charge in [-0.3, -0.25) is 4.79 Å². The number of halogens is 2. The summed E-state index contributed by atoms with van der Waals surface area (Å²) in [6.07, 6.45) is 5.78. The molecule has 1 spiro atoms. The van der Waals surface area contributed by atoms with E-state index in [4.69, 9.17) is 0 Å². The van der Waals surface area contributed by atoms with Crippen LogP contribution in [0.25, 0.3) is 5.65 Å². The number of benzene rings is 1. The van der Waals surface area contributed by atoms with Crippen LogP contribution < -0.4 is 5.32 Å². The summed E-state index contributed by atoms with van der Waals surface area (Å²) in [6, 6.07) is 10.7. The number of pyridine rings is 1. The second-order valence-electron chi connectivity index (χ2n) is 8.22. The van der Waals surface area contributed by atoms with Crippen molar-refractivity contribution in [3.8, 4) is 0 Å². The molecule has 4 heterocycles. The van der Waals surface area contributed by atoms with Gasteiger partial charge in [0.2, 0.25) is 0 Å². The van der Waals surface area contributed by atoms with E-state index in [1.54, 1.807) is 0 Å². The molecule has 0 bridgehead atoms. The summed E-state index contributed by atoms with van der Waals surface area (Å²) in [5.74, 6) is 0.401. The minimum Gasteiger partial charge on any atom is -0.337 e. The van der Waals surface area contributed by atoms with Crippen LogP contribution in [-0.2, 0) is 13.0 Å². The molecule has 29 heavy (non-hydrogen) atoms. The fraction of sp³-hybridized carbons (Fsp3) is 0.364. The smallest absolute Gasteiger partial charge is 0.274 e. The molecule has 0 radical (unpaired) electrons. The number of rotatable bonds is 1. The summed E-state index contributed by atoms with van der Waals surface area (Å²) in [5, 5.41) is 3.81. The number of nitrogens with zero attached hydrogens (tertiary/aromatic N) is 3. The van der Waals surface area contributed by atoms with E-state index in [9.17, 15) is 4.79 Å². The van der Waals surface area contributed by atoms with E-state index in [-0.39, 0.29) is 11.4 Å². The molecule has 150 valence electrons. The van der Waals surface area contributed by atoms with Crippen LogP contribution in [0.3, 0.4) is 0 Å². The lowest BCUT2D eigenvalue weighted by atomic mass is 9.72. The molecular weight excluding hydrogens is 543 g/mol. The number of imidazole rings is 1. The highest BCUT2D eigenvalue weighted by Crippen LogP contribution is 2.36. The number of aromatic nitrogens is 2. The Balaban J connectivity index is 1.36. The number of carbonyl (C=O) groups excluding carboxylic acids is 1. The van der Waals surface area contributed by atoms with Crippen molar-refractivity contribution in [2.45, 2.75) is 31.8 Å². The highest BCUT2D eigenvalue weighted by atomic mass is 127. The molecule has 0 saturated carbocycles. The Bertz CT molecular complexity index is 1110. The average molecular weight is 565 g/mol. The van der Waals surface area contributed by atoms with Gasteiger partial charge in [0, 0.05) is 42.0 Å². The quantitative estimate of drug-likeness (QED) is 0.449. The van der Waals surface area contributed by atoms with Crippen LogP contribution in [0, 0.1) is 9.49 Å². The SMILES string of the molecule is C[C@@H]1CN(C(=O)c2cn3cc(Br)cc(I)c3n2)CC[C@]12Cc1ccccc1CN2. The number of amides is 1.